The maximum atomic E-state index is 14.0. The monoisotopic (exact) mass is 670 g/mol. The van der Waals surface area contributed by atoms with E-state index in [1.165, 1.54) is 28.6 Å². The van der Waals surface area contributed by atoms with Crippen molar-refractivity contribution in [2.24, 2.45) is 5.73 Å². The molecule has 0 saturated carbocycles. The van der Waals surface area contributed by atoms with E-state index in [1.807, 2.05) is 34.9 Å². The van der Waals surface area contributed by atoms with E-state index in [2.05, 4.69) is 34.3 Å². The van der Waals surface area contributed by atoms with Gasteiger partial charge in [0.1, 0.15) is 0 Å². The van der Waals surface area contributed by atoms with Crippen LogP contribution in [0.1, 0.15) is 35.7 Å². The number of carbonyl (C=O) groups excluding carboxylic acids is 2. The molecular formula is C33H34N8O4S2. The van der Waals surface area contributed by atoms with Gasteiger partial charge in [0, 0.05) is 51.0 Å². The summed E-state index contributed by atoms with van der Waals surface area (Å²) in [6.45, 7) is 4.61. The molecule has 1 fully saturated rings. The summed E-state index contributed by atoms with van der Waals surface area (Å²) in [4.78, 5) is 29.3. The molecule has 1 saturated heterocycles. The van der Waals surface area contributed by atoms with Crippen LogP contribution in [0, 0.1) is 22.7 Å². The molecule has 47 heavy (non-hydrogen) atoms. The molecule has 1 aliphatic heterocycles. The molecule has 5 rings (SSSR count). The quantitative estimate of drug-likeness (QED) is 0.251. The van der Waals surface area contributed by atoms with Crippen molar-refractivity contribution in [2.45, 2.75) is 31.3 Å². The largest absolute Gasteiger partial charge is 0.370 e. The lowest BCUT2D eigenvalue weighted by Crippen LogP contribution is -2.47. The van der Waals surface area contributed by atoms with Gasteiger partial charge in [-0.1, -0.05) is 31.7 Å². The van der Waals surface area contributed by atoms with Crippen molar-refractivity contribution in [2.75, 3.05) is 35.4 Å². The van der Waals surface area contributed by atoms with E-state index in [-0.39, 0.29) is 22.6 Å². The molecule has 0 atom stereocenters. The molecule has 12 nitrogen and oxygen atoms in total. The summed E-state index contributed by atoms with van der Waals surface area (Å²) in [6, 6.07) is 24.5. The van der Waals surface area contributed by atoms with Gasteiger partial charge < -0.3 is 20.1 Å². The summed E-state index contributed by atoms with van der Waals surface area (Å²) in [5.74, 6) is -0.245. The van der Waals surface area contributed by atoms with Crippen molar-refractivity contribution in [1.82, 2.24) is 14.5 Å². The van der Waals surface area contributed by atoms with Gasteiger partial charge in [0.25, 0.3) is 15.3 Å². The maximum absolute atomic E-state index is 14.0. The van der Waals surface area contributed by atoms with Gasteiger partial charge in [-0.25, -0.2) is 13.4 Å². The van der Waals surface area contributed by atoms with Gasteiger partial charge in [-0.05, 0) is 66.2 Å². The highest BCUT2D eigenvalue weighted by molar-refractivity contribution is 7.96. The Balaban J connectivity index is 0.000000930. The number of sulfonamides is 1. The second-order valence-electron chi connectivity index (χ2n) is 10.6. The van der Waals surface area contributed by atoms with E-state index < -0.39 is 10.0 Å². The maximum Gasteiger partial charge on any atom is 0.278 e. The minimum Gasteiger partial charge on any atom is -0.370 e. The predicted octanol–water partition coefficient (Wildman–Crippen LogP) is 4.12. The normalized spacial score (nSPS) is 12.7. The molecule has 0 radical (unpaired) electrons. The Morgan fingerprint density at radius 3 is 1.98 bits per heavy atom. The van der Waals surface area contributed by atoms with Gasteiger partial charge in [0.2, 0.25) is 5.91 Å². The molecular weight excluding hydrogens is 637 g/mol. The zero-order chi connectivity index (χ0) is 34.0. The van der Waals surface area contributed by atoms with Gasteiger partial charge in [-0.15, -0.1) is 0 Å². The zero-order valence-electron chi connectivity index (χ0n) is 25.7. The highest BCUT2D eigenvalue weighted by Crippen LogP contribution is 2.29. The number of hydrogen-bond donors (Lipinski definition) is 2. The van der Waals surface area contributed by atoms with Crippen LogP contribution in [0.3, 0.4) is 0 Å². The number of imidazole rings is 1. The van der Waals surface area contributed by atoms with Crippen LogP contribution in [0.2, 0.25) is 0 Å². The number of anilines is 2. The average molecular weight is 671 g/mol. The van der Waals surface area contributed by atoms with Crippen molar-refractivity contribution in [1.29, 1.82) is 10.5 Å². The van der Waals surface area contributed by atoms with Crippen LogP contribution in [0.5, 0.6) is 0 Å². The van der Waals surface area contributed by atoms with Crippen molar-refractivity contribution in [3.63, 3.8) is 0 Å². The number of carbonyl (C=O) groups is 2. The van der Waals surface area contributed by atoms with E-state index in [1.54, 1.807) is 48.6 Å². The first-order chi connectivity index (χ1) is 22.5. The Morgan fingerprint density at radius 2 is 1.47 bits per heavy atom. The van der Waals surface area contributed by atoms with Crippen LogP contribution in [0.25, 0.3) is 0 Å². The summed E-state index contributed by atoms with van der Waals surface area (Å²) in [7, 11) is -4.03. The third kappa shape index (κ3) is 8.91. The lowest BCUT2D eigenvalue weighted by Gasteiger charge is -2.35. The third-order valence-corrected chi connectivity index (χ3v) is 9.58. The van der Waals surface area contributed by atoms with Gasteiger partial charge in [-0.2, -0.15) is 10.5 Å². The van der Waals surface area contributed by atoms with Crippen molar-refractivity contribution < 1.29 is 18.0 Å². The van der Waals surface area contributed by atoms with E-state index in [0.717, 1.165) is 11.3 Å². The van der Waals surface area contributed by atoms with Crippen LogP contribution in [0.15, 0.2) is 90.2 Å². The molecule has 0 aliphatic carbocycles. The van der Waals surface area contributed by atoms with Crippen LogP contribution >= 0.6 is 12.6 Å². The lowest BCUT2D eigenvalue weighted by molar-refractivity contribution is -0.117. The number of piperazine rings is 1. The highest BCUT2D eigenvalue weighted by atomic mass is 32.2. The number of nitrogens with zero attached hydrogens (tertiary/aromatic N) is 7. The molecule has 1 aromatic heterocycles. The number of benzene rings is 3. The third-order valence-electron chi connectivity index (χ3n) is 7.51. The van der Waals surface area contributed by atoms with Crippen LogP contribution in [0.4, 0.5) is 16.2 Å². The van der Waals surface area contributed by atoms with E-state index in [0.29, 0.717) is 61.7 Å². The number of nitriles is 2. The predicted molar refractivity (Wildman–Crippen MR) is 181 cm³/mol. The Morgan fingerprint density at radius 1 is 0.915 bits per heavy atom. The van der Waals surface area contributed by atoms with Crippen LogP contribution < -0.4 is 14.9 Å². The minimum absolute atomic E-state index is 0.0146. The molecule has 3 aromatic carbocycles. The van der Waals surface area contributed by atoms with Crippen molar-refractivity contribution in [3.05, 3.63) is 108 Å². The van der Waals surface area contributed by atoms with Gasteiger partial charge >= 0.3 is 0 Å². The molecule has 4 aromatic rings. The number of aromatic nitrogens is 2. The molecule has 2 N–H and O–H groups in total. The van der Waals surface area contributed by atoms with E-state index in [9.17, 15) is 23.3 Å². The smallest absolute Gasteiger partial charge is 0.278 e. The minimum atomic E-state index is -4.03. The summed E-state index contributed by atoms with van der Waals surface area (Å²) >= 11 is 3.91. The van der Waals surface area contributed by atoms with Gasteiger partial charge in [0.15, 0.2) is 0 Å². The number of thiol groups is 1. The fourth-order valence-corrected chi connectivity index (χ4v) is 6.42. The van der Waals surface area contributed by atoms with Crippen molar-refractivity contribution >= 4 is 45.2 Å². The number of hydrogen-bond acceptors (Lipinski definition) is 8. The molecule has 14 heteroatoms. The summed E-state index contributed by atoms with van der Waals surface area (Å²) < 4.78 is 31.2. The summed E-state index contributed by atoms with van der Waals surface area (Å²) in [5.41, 5.74) is 8.59. The number of rotatable bonds is 9. The zero-order valence-corrected chi connectivity index (χ0v) is 27.4. The molecule has 242 valence electrons. The Bertz CT molecular complexity index is 1870. The fraction of sp³-hybridized carbons (Fsp3) is 0.242. The van der Waals surface area contributed by atoms with Crippen molar-refractivity contribution in [3.8, 4) is 12.1 Å². The standard InChI is InChI=1S/C30H27N7O3S2.C3H7NO/c31-17-23-1-3-25(4-2-23)20-36-22-33-19-28(36)21-37(42(39,40)29-11-5-24(18-32)6-12-29)27-9-7-26(8-10-27)34-13-15-35(16-14-34)30(38)41;1-2-3(4)5/h1-12,19,22H,13-16,20-21H2,(H,38,41);2H2,1H3,(H2,4,5). The SMILES string of the molecule is CCC(N)=O.N#Cc1ccc(Cn2cncc2CN(c2ccc(N3CCN(C(=O)S)CC3)cc2)S(=O)(=O)c2ccc(C#N)cc2)cc1. The van der Waals surface area contributed by atoms with Gasteiger partial charge in [0.05, 0.1) is 52.4 Å². The lowest BCUT2D eigenvalue weighted by atomic mass is 10.1. The molecule has 0 unspecified atom stereocenters. The topological polar surface area (TPSA) is 169 Å². The Kier molecular flexibility index (Phi) is 11.6. The van der Waals surface area contributed by atoms with Crippen LogP contribution in [-0.4, -0.2) is 60.2 Å². The number of primary amides is 1. The first-order valence-electron chi connectivity index (χ1n) is 14.7. The average Bonchev–Trinajstić information content (AvgIpc) is 3.54. The first-order valence-corrected chi connectivity index (χ1v) is 16.6. The molecule has 2 heterocycles. The van der Waals surface area contributed by atoms with Crippen LogP contribution in [-0.2, 0) is 27.9 Å². The fourth-order valence-electron chi connectivity index (χ4n) is 4.78. The van der Waals surface area contributed by atoms with Gasteiger partial charge in [-0.3, -0.25) is 13.9 Å². The Hall–Kier alpha value is -5.31. The molecule has 1 aliphatic rings. The highest BCUT2D eigenvalue weighted by Gasteiger charge is 2.27. The van der Waals surface area contributed by atoms with E-state index >= 15 is 0 Å². The molecule has 0 spiro atoms. The number of amides is 2. The second-order valence-corrected chi connectivity index (χ2v) is 12.8. The first kappa shape index (κ1) is 34.6. The molecule has 2 amide bonds. The second kappa shape index (κ2) is 15.8. The van der Waals surface area contributed by atoms with E-state index in [4.69, 9.17) is 5.26 Å². The summed E-state index contributed by atoms with van der Waals surface area (Å²) in [5, 5.41) is 18.0. The Labute approximate surface area is 279 Å². The summed E-state index contributed by atoms with van der Waals surface area (Å²) in [6.07, 6.45) is 3.74. The number of nitrogens with two attached hydrogens (primary N) is 1. The molecule has 0 bridgehead atoms.